The van der Waals surface area contributed by atoms with E-state index >= 15 is 0 Å². The molecule has 1 aliphatic heterocycles. The lowest BCUT2D eigenvalue weighted by Gasteiger charge is -2.17. The number of aryl methyl sites for hydroxylation is 1. The first-order valence-electron chi connectivity index (χ1n) is 12.0. The van der Waals surface area contributed by atoms with E-state index in [-0.39, 0.29) is 23.2 Å². The van der Waals surface area contributed by atoms with Crippen LogP contribution in [0.1, 0.15) is 60.5 Å². The lowest BCUT2D eigenvalue weighted by Crippen LogP contribution is -2.28. The number of rotatable bonds is 8. The number of nitrogens with one attached hydrogen (secondary N) is 1. The number of ketones is 1. The molecule has 5 rings (SSSR count). The van der Waals surface area contributed by atoms with E-state index in [9.17, 15) is 18.4 Å². The molecule has 1 fully saturated rings. The van der Waals surface area contributed by atoms with Crippen molar-refractivity contribution in [1.29, 1.82) is 0 Å². The van der Waals surface area contributed by atoms with Gasteiger partial charge >= 0.3 is 6.29 Å². The number of alkyl halides is 2. The summed E-state index contributed by atoms with van der Waals surface area (Å²) < 4.78 is 35.8. The zero-order chi connectivity index (χ0) is 25.5. The van der Waals surface area contributed by atoms with Crippen molar-refractivity contribution in [2.75, 3.05) is 5.32 Å². The molecule has 8 heteroatoms. The van der Waals surface area contributed by atoms with E-state index in [2.05, 4.69) is 19.8 Å². The highest BCUT2D eigenvalue weighted by molar-refractivity contribution is 6.01. The molecule has 186 valence electrons. The Morgan fingerprint density at radius 1 is 1.03 bits per heavy atom. The number of unbranched alkanes of at least 4 members (excludes halogenated alkanes) is 1. The number of carbonyl (C=O) groups is 2. The number of fused-ring (bicyclic) bond motifs is 1. The molecule has 6 nitrogen and oxygen atoms in total. The van der Waals surface area contributed by atoms with Gasteiger partial charge in [0.2, 0.25) is 5.91 Å². The van der Waals surface area contributed by atoms with Crippen molar-refractivity contribution < 1.29 is 27.8 Å². The van der Waals surface area contributed by atoms with Crippen molar-refractivity contribution in [2.24, 2.45) is 0 Å². The number of nitrogens with zero attached hydrogens (tertiary/aromatic N) is 1. The van der Waals surface area contributed by atoms with Gasteiger partial charge in [-0.15, -0.1) is 8.78 Å². The molecule has 1 aliphatic carbocycles. The van der Waals surface area contributed by atoms with Crippen molar-refractivity contribution in [3.8, 4) is 22.8 Å². The second kappa shape index (κ2) is 9.00. The zero-order valence-corrected chi connectivity index (χ0v) is 20.1. The average Bonchev–Trinajstić information content (AvgIpc) is 3.60. The number of hydrogen-bond acceptors (Lipinski definition) is 5. The van der Waals surface area contributed by atoms with Crippen molar-refractivity contribution in [3.63, 3.8) is 0 Å². The summed E-state index contributed by atoms with van der Waals surface area (Å²) in [5, 5.41) is 2.89. The number of amides is 1. The predicted octanol–water partition coefficient (Wildman–Crippen LogP) is 6.42. The number of hydrogen-bond donors (Lipinski definition) is 1. The van der Waals surface area contributed by atoms with Crippen molar-refractivity contribution in [3.05, 3.63) is 71.3 Å². The fraction of sp³-hybridized carbons (Fsp3) is 0.321. The molecule has 2 heterocycles. The Hall–Kier alpha value is -3.81. The van der Waals surface area contributed by atoms with Gasteiger partial charge in [0.1, 0.15) is 5.82 Å². The molecule has 2 aliphatic rings. The lowest BCUT2D eigenvalue weighted by atomic mass is 9.94. The van der Waals surface area contributed by atoms with Gasteiger partial charge in [-0.25, -0.2) is 4.98 Å². The van der Waals surface area contributed by atoms with Crippen LogP contribution in [0.15, 0.2) is 54.6 Å². The molecule has 0 bridgehead atoms. The third-order valence-electron chi connectivity index (χ3n) is 6.69. The van der Waals surface area contributed by atoms with E-state index in [1.165, 1.54) is 12.1 Å². The van der Waals surface area contributed by atoms with Gasteiger partial charge in [0.25, 0.3) is 0 Å². The highest BCUT2D eigenvalue weighted by Crippen LogP contribution is 2.52. The number of anilines is 1. The first kappa shape index (κ1) is 23.9. The topological polar surface area (TPSA) is 77.5 Å². The largest absolute Gasteiger partial charge is 0.586 e. The van der Waals surface area contributed by atoms with Crippen LogP contribution in [-0.4, -0.2) is 23.0 Å². The number of aromatic nitrogens is 1. The smallest absolute Gasteiger partial charge is 0.395 e. The van der Waals surface area contributed by atoms with Gasteiger partial charge in [-0.05, 0) is 61.6 Å². The Bertz CT molecular complexity index is 1350. The minimum absolute atomic E-state index is 0.0554. The van der Waals surface area contributed by atoms with E-state index in [4.69, 9.17) is 0 Å². The van der Waals surface area contributed by atoms with Crippen LogP contribution >= 0.6 is 0 Å². The summed E-state index contributed by atoms with van der Waals surface area (Å²) in [5.74, 6) is 0.0691. The van der Waals surface area contributed by atoms with Crippen LogP contribution in [0.2, 0.25) is 0 Å². The molecule has 0 saturated heterocycles. The Balaban J connectivity index is 1.37. The molecule has 1 aromatic heterocycles. The number of ether oxygens (including phenoxy) is 2. The SMILES string of the molecule is CCCCC(=O)c1cccc(-c2nc(NC(=O)C3(c4ccc5c(c4)OC(F)(F)O5)CC3)ccc2C)c1. The van der Waals surface area contributed by atoms with Crippen molar-refractivity contribution >= 4 is 17.5 Å². The standard InChI is InChI=1S/C28H26F2N2O4/c1-3-4-8-21(33)18-6-5-7-19(15-18)25-17(2)9-12-24(31-25)32-26(34)27(13-14-27)20-10-11-22-23(16-20)36-28(29,30)35-22/h5-7,9-12,15-16H,3-4,8,13-14H2,1-2H3,(H,31,32,34). The van der Waals surface area contributed by atoms with E-state index in [0.29, 0.717) is 41.9 Å². The maximum absolute atomic E-state index is 13.4. The van der Waals surface area contributed by atoms with Crippen LogP contribution in [0.4, 0.5) is 14.6 Å². The second-order valence-corrected chi connectivity index (χ2v) is 9.33. The monoisotopic (exact) mass is 492 g/mol. The summed E-state index contributed by atoms with van der Waals surface area (Å²) in [6.07, 6.45) is -0.253. The Labute approximate surface area is 207 Å². The molecule has 0 radical (unpaired) electrons. The summed E-state index contributed by atoms with van der Waals surface area (Å²) in [5.41, 5.74) is 2.77. The van der Waals surface area contributed by atoms with Gasteiger partial charge in [0.15, 0.2) is 17.3 Å². The summed E-state index contributed by atoms with van der Waals surface area (Å²) in [6, 6.07) is 15.4. The predicted molar refractivity (Wildman–Crippen MR) is 130 cm³/mol. The molecule has 1 saturated carbocycles. The van der Waals surface area contributed by atoms with Crippen LogP contribution in [0, 0.1) is 6.92 Å². The maximum Gasteiger partial charge on any atom is 0.586 e. The number of halogens is 2. The quantitative estimate of drug-likeness (QED) is 0.367. The molecule has 0 unspecified atom stereocenters. The Kier molecular flexibility index (Phi) is 5.98. The van der Waals surface area contributed by atoms with Crippen LogP contribution < -0.4 is 14.8 Å². The van der Waals surface area contributed by atoms with Gasteiger partial charge < -0.3 is 14.8 Å². The fourth-order valence-electron chi connectivity index (χ4n) is 4.47. The van der Waals surface area contributed by atoms with Gasteiger partial charge in [0.05, 0.1) is 11.1 Å². The van der Waals surface area contributed by atoms with Crippen LogP contribution in [0.5, 0.6) is 11.5 Å². The summed E-state index contributed by atoms with van der Waals surface area (Å²) in [6.45, 7) is 3.97. The van der Waals surface area contributed by atoms with E-state index < -0.39 is 11.7 Å². The van der Waals surface area contributed by atoms with Gasteiger partial charge in [-0.2, -0.15) is 0 Å². The normalized spacial score (nSPS) is 16.4. The third-order valence-corrected chi connectivity index (χ3v) is 6.69. The minimum atomic E-state index is -3.71. The zero-order valence-electron chi connectivity index (χ0n) is 20.1. The molecule has 1 amide bonds. The molecule has 1 N–H and O–H groups in total. The van der Waals surface area contributed by atoms with E-state index in [1.54, 1.807) is 18.2 Å². The molecule has 2 aromatic carbocycles. The molecule has 36 heavy (non-hydrogen) atoms. The number of Topliss-reactive ketones (excluding diaryl/α,β-unsaturated/α-hetero) is 1. The number of pyridine rings is 1. The third kappa shape index (κ3) is 4.55. The molecule has 0 spiro atoms. The average molecular weight is 493 g/mol. The first-order valence-corrected chi connectivity index (χ1v) is 12.0. The molecule has 0 atom stereocenters. The molecular formula is C28H26F2N2O4. The second-order valence-electron chi connectivity index (χ2n) is 9.33. The van der Waals surface area contributed by atoms with E-state index in [0.717, 1.165) is 24.0 Å². The Morgan fingerprint density at radius 2 is 1.81 bits per heavy atom. The van der Waals surface area contributed by atoms with Crippen molar-refractivity contribution in [2.45, 2.75) is 57.7 Å². The van der Waals surface area contributed by atoms with E-state index in [1.807, 2.05) is 38.1 Å². The summed E-state index contributed by atoms with van der Waals surface area (Å²) in [4.78, 5) is 30.5. The van der Waals surface area contributed by atoms with Crippen LogP contribution in [-0.2, 0) is 10.2 Å². The van der Waals surface area contributed by atoms with Crippen molar-refractivity contribution in [1.82, 2.24) is 4.98 Å². The van der Waals surface area contributed by atoms with Crippen LogP contribution in [0.25, 0.3) is 11.3 Å². The van der Waals surface area contributed by atoms with Gasteiger partial charge in [-0.3, -0.25) is 9.59 Å². The highest BCUT2D eigenvalue weighted by Gasteiger charge is 2.53. The summed E-state index contributed by atoms with van der Waals surface area (Å²) >= 11 is 0. The molecular weight excluding hydrogens is 466 g/mol. The van der Waals surface area contributed by atoms with Crippen LogP contribution in [0.3, 0.4) is 0 Å². The maximum atomic E-state index is 13.4. The summed E-state index contributed by atoms with van der Waals surface area (Å²) in [7, 11) is 0. The first-order chi connectivity index (χ1) is 17.2. The number of benzene rings is 2. The molecule has 3 aromatic rings. The van der Waals surface area contributed by atoms with Gasteiger partial charge in [0, 0.05) is 17.5 Å². The number of carbonyl (C=O) groups excluding carboxylic acids is 2. The lowest BCUT2D eigenvalue weighted by molar-refractivity contribution is -0.286. The highest BCUT2D eigenvalue weighted by atomic mass is 19.3. The fourth-order valence-corrected chi connectivity index (χ4v) is 4.47. The van der Waals surface area contributed by atoms with Gasteiger partial charge in [-0.1, -0.05) is 43.7 Å². The minimum Gasteiger partial charge on any atom is -0.395 e. The Morgan fingerprint density at radius 3 is 2.56 bits per heavy atom.